The first-order valence-electron chi connectivity index (χ1n) is 13.9. The van der Waals surface area contributed by atoms with Gasteiger partial charge in [0.15, 0.2) is 0 Å². The quantitative estimate of drug-likeness (QED) is 0.141. The first-order chi connectivity index (χ1) is 20.7. The van der Waals surface area contributed by atoms with E-state index in [-0.39, 0.29) is 24.2 Å². The number of furan rings is 1. The number of sulfone groups is 1. The summed E-state index contributed by atoms with van der Waals surface area (Å²) in [5.41, 5.74) is 3.03. The Hall–Kier alpha value is -3.99. The van der Waals surface area contributed by atoms with Crippen molar-refractivity contribution in [3.63, 3.8) is 0 Å². The van der Waals surface area contributed by atoms with E-state index in [0.717, 1.165) is 28.6 Å². The molecule has 0 saturated carbocycles. The maximum Gasteiger partial charge on any atom is 0.147 e. The summed E-state index contributed by atoms with van der Waals surface area (Å²) in [6, 6.07) is 21.3. The zero-order valence-electron chi connectivity index (χ0n) is 23.8. The summed E-state index contributed by atoms with van der Waals surface area (Å²) >= 11 is 6.49. The monoisotopic (exact) mass is 622 g/mol. The Balaban J connectivity index is 1.28. The van der Waals surface area contributed by atoms with Crippen LogP contribution in [0.25, 0.3) is 22.2 Å². The summed E-state index contributed by atoms with van der Waals surface area (Å²) in [6.45, 7) is 2.71. The number of nitrogens with zero attached hydrogens (tertiary/aromatic N) is 2. The van der Waals surface area contributed by atoms with Crippen molar-refractivity contribution in [1.29, 1.82) is 0 Å². The average molecular weight is 623 g/mol. The summed E-state index contributed by atoms with van der Waals surface area (Å²) in [4.78, 5) is 8.86. The molecule has 5 aromatic rings. The van der Waals surface area contributed by atoms with Crippen LogP contribution in [-0.2, 0) is 23.0 Å². The van der Waals surface area contributed by atoms with Gasteiger partial charge >= 0.3 is 0 Å². The van der Waals surface area contributed by atoms with Gasteiger partial charge in [0, 0.05) is 28.9 Å². The number of halogens is 2. The fraction of sp³-hybridized carbons (Fsp3) is 0.250. The van der Waals surface area contributed by atoms with Crippen LogP contribution in [0, 0.1) is 5.82 Å². The molecule has 5 rings (SSSR count). The molecule has 0 saturated heterocycles. The van der Waals surface area contributed by atoms with Crippen molar-refractivity contribution >= 4 is 43.8 Å². The third-order valence-corrected chi connectivity index (χ3v) is 8.23. The number of hydrogen-bond acceptors (Lipinski definition) is 8. The van der Waals surface area contributed by atoms with Crippen molar-refractivity contribution in [2.45, 2.75) is 39.0 Å². The first kappa shape index (κ1) is 30.5. The normalized spacial score (nSPS) is 12.4. The third kappa shape index (κ3) is 8.31. The molecule has 43 heavy (non-hydrogen) atoms. The van der Waals surface area contributed by atoms with E-state index >= 15 is 0 Å². The zero-order valence-corrected chi connectivity index (χ0v) is 25.4. The topological polar surface area (TPSA) is 106 Å². The zero-order chi connectivity index (χ0) is 30.4. The lowest BCUT2D eigenvalue weighted by Gasteiger charge is -2.15. The number of ether oxygens (including phenoxy) is 1. The molecule has 2 aromatic heterocycles. The highest BCUT2D eigenvalue weighted by Gasteiger charge is 2.14. The maximum absolute atomic E-state index is 13.5. The highest BCUT2D eigenvalue weighted by molar-refractivity contribution is 7.90. The average Bonchev–Trinajstić information content (AvgIpc) is 3.45. The number of benzene rings is 3. The molecule has 3 aromatic carbocycles. The second-order valence-corrected chi connectivity index (χ2v) is 13.0. The molecule has 0 aliphatic rings. The van der Waals surface area contributed by atoms with Crippen LogP contribution in [0.5, 0.6) is 5.75 Å². The number of nitrogens with one attached hydrogen (secondary N) is 2. The largest absolute Gasteiger partial charge is 0.487 e. The molecule has 0 aliphatic carbocycles. The van der Waals surface area contributed by atoms with Crippen LogP contribution in [0.15, 0.2) is 83.5 Å². The van der Waals surface area contributed by atoms with Crippen molar-refractivity contribution in [2.75, 3.05) is 17.3 Å². The molecule has 0 amide bonds. The van der Waals surface area contributed by atoms with Gasteiger partial charge in [0.05, 0.1) is 22.8 Å². The summed E-state index contributed by atoms with van der Waals surface area (Å²) in [6.07, 6.45) is 4.12. The molecular formula is C32H32ClFN4O4S. The highest BCUT2D eigenvalue weighted by Crippen LogP contribution is 2.33. The summed E-state index contributed by atoms with van der Waals surface area (Å²) in [5.74, 6) is 2.36. The van der Waals surface area contributed by atoms with Crippen LogP contribution in [0.4, 0.5) is 15.9 Å². The summed E-state index contributed by atoms with van der Waals surface area (Å²) in [5, 5.41) is 7.91. The molecule has 1 atom stereocenters. The molecular weight excluding hydrogens is 591 g/mol. The van der Waals surface area contributed by atoms with E-state index in [2.05, 4.69) is 20.6 Å². The number of hydrogen-bond donors (Lipinski definition) is 2. The number of aromatic nitrogens is 2. The fourth-order valence-electron chi connectivity index (χ4n) is 4.61. The summed E-state index contributed by atoms with van der Waals surface area (Å²) in [7, 11) is -3.00. The van der Waals surface area contributed by atoms with E-state index in [1.54, 1.807) is 24.3 Å². The maximum atomic E-state index is 13.5. The smallest absolute Gasteiger partial charge is 0.147 e. The molecule has 0 radical (unpaired) electrons. The summed E-state index contributed by atoms with van der Waals surface area (Å²) < 4.78 is 48.4. The highest BCUT2D eigenvalue weighted by atomic mass is 35.5. The number of rotatable bonds is 13. The first-order valence-corrected chi connectivity index (χ1v) is 16.3. The minimum atomic E-state index is -3.00. The Kier molecular flexibility index (Phi) is 9.59. The van der Waals surface area contributed by atoms with Gasteiger partial charge in [-0.05, 0) is 79.1 Å². The molecule has 2 N–H and O–H groups in total. The number of anilines is 2. The van der Waals surface area contributed by atoms with E-state index in [4.69, 9.17) is 20.8 Å². The van der Waals surface area contributed by atoms with Gasteiger partial charge in [-0.15, -0.1) is 0 Å². The van der Waals surface area contributed by atoms with Gasteiger partial charge in [0.25, 0.3) is 0 Å². The second kappa shape index (κ2) is 13.5. The lowest BCUT2D eigenvalue weighted by atomic mass is 10.1. The molecule has 0 bridgehead atoms. The predicted octanol–water partition coefficient (Wildman–Crippen LogP) is 7.31. The molecule has 0 spiro atoms. The van der Waals surface area contributed by atoms with Crippen molar-refractivity contribution in [3.8, 4) is 17.1 Å². The van der Waals surface area contributed by atoms with Crippen LogP contribution in [0.2, 0.25) is 5.02 Å². The van der Waals surface area contributed by atoms with E-state index < -0.39 is 9.84 Å². The Morgan fingerprint density at radius 1 is 1.05 bits per heavy atom. The minimum absolute atomic E-state index is 0.0808. The van der Waals surface area contributed by atoms with Gasteiger partial charge in [0.2, 0.25) is 0 Å². The Labute approximate surface area is 255 Å². The van der Waals surface area contributed by atoms with Crippen LogP contribution in [0.3, 0.4) is 0 Å². The lowest BCUT2D eigenvalue weighted by Crippen LogP contribution is -2.29. The molecule has 8 nitrogen and oxygen atoms in total. The Morgan fingerprint density at radius 2 is 1.91 bits per heavy atom. The molecule has 1 unspecified atom stereocenters. The van der Waals surface area contributed by atoms with Crippen LogP contribution in [-0.4, -0.2) is 36.4 Å². The molecule has 0 fully saturated rings. The van der Waals surface area contributed by atoms with E-state index in [1.165, 1.54) is 24.7 Å². The van der Waals surface area contributed by atoms with E-state index in [0.29, 0.717) is 46.6 Å². The Morgan fingerprint density at radius 3 is 2.67 bits per heavy atom. The van der Waals surface area contributed by atoms with E-state index in [9.17, 15) is 12.8 Å². The third-order valence-electron chi connectivity index (χ3n) is 6.95. The van der Waals surface area contributed by atoms with Crippen molar-refractivity contribution in [3.05, 3.63) is 101 Å². The van der Waals surface area contributed by atoms with Gasteiger partial charge in [-0.2, -0.15) is 0 Å². The number of fused-ring (bicyclic) bond motifs is 1. The fourth-order valence-corrected chi connectivity index (χ4v) is 5.56. The van der Waals surface area contributed by atoms with Crippen LogP contribution >= 0.6 is 11.6 Å². The molecule has 11 heteroatoms. The van der Waals surface area contributed by atoms with Gasteiger partial charge in [-0.3, -0.25) is 0 Å². The molecule has 224 valence electrons. The van der Waals surface area contributed by atoms with Crippen molar-refractivity contribution in [1.82, 2.24) is 15.3 Å². The van der Waals surface area contributed by atoms with Crippen molar-refractivity contribution < 1.29 is 22.0 Å². The lowest BCUT2D eigenvalue weighted by molar-refractivity contribution is 0.306. The second-order valence-electron chi connectivity index (χ2n) is 10.3. The van der Waals surface area contributed by atoms with Gasteiger partial charge < -0.3 is 19.8 Å². The Bertz CT molecular complexity index is 1830. The standard InChI is InChI=1S/C32H32ClFN4O4S/c1-3-24(13-14-43(2,39)40)35-18-26-9-12-30(42-26)22-7-10-29-27(16-22)32(37-20-36-29)38-25-8-11-31(28(33)17-25)41-19-21-5-4-6-23(34)15-21/h4-12,15-17,20,24,35H,3,13-14,18-19H2,1-2H3,(H,36,37,38). The molecule has 0 aliphatic heterocycles. The van der Waals surface area contributed by atoms with Crippen LogP contribution in [0.1, 0.15) is 31.1 Å². The predicted molar refractivity (Wildman–Crippen MR) is 168 cm³/mol. The van der Waals surface area contributed by atoms with Crippen molar-refractivity contribution in [2.24, 2.45) is 0 Å². The van der Waals surface area contributed by atoms with Crippen LogP contribution < -0.4 is 15.4 Å². The SMILES string of the molecule is CCC(CCS(C)(=O)=O)NCc1ccc(-c2ccc3ncnc(Nc4ccc(OCc5cccc(F)c5)c(Cl)c4)c3c2)o1. The minimum Gasteiger partial charge on any atom is -0.487 e. The van der Waals surface area contributed by atoms with Gasteiger partial charge in [0.1, 0.15) is 51.7 Å². The van der Waals surface area contributed by atoms with Gasteiger partial charge in [-0.1, -0.05) is 30.7 Å². The van der Waals surface area contributed by atoms with E-state index in [1.807, 2.05) is 43.3 Å². The molecule has 2 heterocycles. The van der Waals surface area contributed by atoms with Gasteiger partial charge in [-0.25, -0.2) is 22.8 Å².